The van der Waals surface area contributed by atoms with Crippen molar-refractivity contribution in [3.63, 3.8) is 0 Å². The highest BCUT2D eigenvalue weighted by molar-refractivity contribution is 5.39. The summed E-state index contributed by atoms with van der Waals surface area (Å²) in [6.45, 7) is -2.57. The number of halogens is 2. The van der Waals surface area contributed by atoms with Crippen LogP contribution >= 0.6 is 0 Å². The lowest BCUT2D eigenvalue weighted by atomic mass is 9.85. The molecule has 23 heavy (non-hydrogen) atoms. The van der Waals surface area contributed by atoms with Gasteiger partial charge in [-0.05, 0) is 12.1 Å². The topological polar surface area (TPSA) is 69.4 Å². The molecule has 0 saturated heterocycles. The predicted molar refractivity (Wildman–Crippen MR) is 78.9 cm³/mol. The molecule has 1 heterocycles. The number of nitrogens with zero attached hydrogens (tertiary/aromatic N) is 3. The van der Waals surface area contributed by atoms with E-state index in [-0.39, 0.29) is 13.2 Å². The molecule has 0 radical (unpaired) electrons. The van der Waals surface area contributed by atoms with Crippen molar-refractivity contribution in [3.05, 3.63) is 36.9 Å². The summed E-state index contributed by atoms with van der Waals surface area (Å²) in [5.74, 6) is 0.805. The van der Waals surface area contributed by atoms with Gasteiger partial charge in [0.25, 0.3) is 0 Å². The Morgan fingerprint density at radius 3 is 2.52 bits per heavy atom. The molecule has 0 amide bonds. The third-order valence-electron chi connectivity index (χ3n) is 3.65. The zero-order valence-electron chi connectivity index (χ0n) is 12.7. The smallest absolute Gasteiger partial charge is 0.161 e. The Hall–Kier alpha value is -2.22. The van der Waals surface area contributed by atoms with Crippen molar-refractivity contribution in [3.8, 4) is 11.5 Å². The fourth-order valence-electron chi connectivity index (χ4n) is 2.04. The summed E-state index contributed by atoms with van der Waals surface area (Å²) >= 11 is 0. The molecule has 1 unspecified atom stereocenters. The lowest BCUT2D eigenvalue weighted by molar-refractivity contribution is -0.0510. The second-order valence-electron chi connectivity index (χ2n) is 5.20. The van der Waals surface area contributed by atoms with E-state index in [1.807, 2.05) is 0 Å². The zero-order chi connectivity index (χ0) is 16.7. The summed E-state index contributed by atoms with van der Waals surface area (Å²) in [5, 5.41) is 14.1. The highest BCUT2D eigenvalue weighted by Crippen LogP contribution is 2.31. The quantitative estimate of drug-likeness (QED) is 0.758. The van der Waals surface area contributed by atoms with Crippen molar-refractivity contribution in [1.82, 2.24) is 14.8 Å². The maximum Gasteiger partial charge on any atom is 0.161 e. The average Bonchev–Trinajstić information content (AvgIpc) is 3.09. The van der Waals surface area contributed by atoms with E-state index in [0.717, 1.165) is 0 Å². The van der Waals surface area contributed by atoms with Crippen LogP contribution in [0.1, 0.15) is 0 Å². The van der Waals surface area contributed by atoms with Crippen LogP contribution in [0.3, 0.4) is 0 Å². The van der Waals surface area contributed by atoms with Crippen molar-refractivity contribution in [2.45, 2.75) is 12.6 Å². The maximum absolute atomic E-state index is 13.5. The molecule has 1 aromatic heterocycles. The molecule has 0 fully saturated rings. The van der Waals surface area contributed by atoms with Gasteiger partial charge in [0.05, 0.1) is 25.2 Å². The van der Waals surface area contributed by atoms with Crippen LogP contribution in [0.15, 0.2) is 36.9 Å². The molecule has 8 heteroatoms. The Balaban J connectivity index is 2.10. The molecule has 0 aliphatic heterocycles. The van der Waals surface area contributed by atoms with Gasteiger partial charge in [0.15, 0.2) is 11.5 Å². The van der Waals surface area contributed by atoms with E-state index in [9.17, 15) is 13.9 Å². The summed E-state index contributed by atoms with van der Waals surface area (Å²) in [6.07, 6.45) is 1.32. The maximum atomic E-state index is 13.5. The Morgan fingerprint density at radius 2 is 1.96 bits per heavy atom. The molecule has 1 atom stereocenters. The highest BCUT2D eigenvalue weighted by Gasteiger charge is 2.40. The van der Waals surface area contributed by atoms with Crippen LogP contribution < -0.4 is 9.47 Å². The average molecular weight is 327 g/mol. The largest absolute Gasteiger partial charge is 0.493 e. The van der Waals surface area contributed by atoms with Crippen LogP contribution in [0.2, 0.25) is 0 Å². The fraction of sp³-hybridized carbons (Fsp3) is 0.467. The summed E-state index contributed by atoms with van der Waals surface area (Å²) in [7, 11) is 1.47. The molecule has 1 N–H and O–H groups in total. The van der Waals surface area contributed by atoms with Gasteiger partial charge in [-0.15, -0.1) is 0 Å². The minimum atomic E-state index is -1.69. The van der Waals surface area contributed by atoms with Crippen LogP contribution in [-0.2, 0) is 6.54 Å². The second kappa shape index (κ2) is 7.87. The third-order valence-corrected chi connectivity index (χ3v) is 3.65. The Kier molecular flexibility index (Phi) is 5.86. The normalized spacial score (nSPS) is 12.9. The van der Waals surface area contributed by atoms with E-state index in [2.05, 4.69) is 10.1 Å². The van der Waals surface area contributed by atoms with Crippen molar-refractivity contribution < 1.29 is 23.4 Å². The van der Waals surface area contributed by atoms with Gasteiger partial charge in [-0.1, -0.05) is 12.1 Å². The Labute approximate surface area is 132 Å². The van der Waals surface area contributed by atoms with Crippen LogP contribution in [0.4, 0.5) is 8.78 Å². The number of hydrogen-bond donors (Lipinski definition) is 1. The zero-order valence-corrected chi connectivity index (χ0v) is 12.7. The van der Waals surface area contributed by atoms with Gasteiger partial charge >= 0.3 is 0 Å². The Bertz CT molecular complexity index is 591. The van der Waals surface area contributed by atoms with Gasteiger partial charge in [-0.2, -0.15) is 5.10 Å². The van der Waals surface area contributed by atoms with Gasteiger partial charge in [0, 0.05) is 0 Å². The van der Waals surface area contributed by atoms with Crippen LogP contribution in [0, 0.1) is 5.41 Å². The lowest BCUT2D eigenvalue weighted by Crippen LogP contribution is -2.46. The number of rotatable bonds is 9. The molecule has 0 aliphatic rings. The number of ether oxygens (including phenoxy) is 2. The number of hydrogen-bond acceptors (Lipinski definition) is 5. The first-order valence-corrected chi connectivity index (χ1v) is 7.03. The molecular formula is C15H19F2N3O3. The lowest BCUT2D eigenvalue weighted by Gasteiger charge is -2.32. The van der Waals surface area contributed by atoms with Crippen molar-refractivity contribution >= 4 is 0 Å². The molecule has 0 saturated carbocycles. The van der Waals surface area contributed by atoms with E-state index < -0.39 is 24.9 Å². The monoisotopic (exact) mass is 327 g/mol. The molecule has 1 aromatic carbocycles. The van der Waals surface area contributed by atoms with Crippen LogP contribution in [-0.4, -0.2) is 53.0 Å². The van der Waals surface area contributed by atoms with E-state index >= 15 is 0 Å². The predicted octanol–water partition coefficient (Wildman–Crippen LogP) is 1.65. The summed E-state index contributed by atoms with van der Waals surface area (Å²) in [5.41, 5.74) is -1.69. The fourth-order valence-corrected chi connectivity index (χ4v) is 2.04. The number of aromatic nitrogens is 3. The number of aliphatic hydroxyl groups excluding tert-OH is 1. The first-order chi connectivity index (χ1) is 11.1. The number of benzene rings is 1. The van der Waals surface area contributed by atoms with E-state index in [1.165, 1.54) is 24.4 Å². The van der Waals surface area contributed by atoms with Crippen LogP contribution in [0.25, 0.3) is 0 Å². The van der Waals surface area contributed by atoms with Crippen molar-refractivity contribution in [2.24, 2.45) is 5.41 Å². The summed E-state index contributed by atoms with van der Waals surface area (Å²) in [4.78, 5) is 3.73. The van der Waals surface area contributed by atoms with Gasteiger partial charge < -0.3 is 14.6 Å². The first-order valence-electron chi connectivity index (χ1n) is 7.03. The van der Waals surface area contributed by atoms with Gasteiger partial charge in [0.2, 0.25) is 0 Å². The van der Waals surface area contributed by atoms with Gasteiger partial charge in [-0.3, -0.25) is 13.5 Å². The molecule has 0 bridgehead atoms. The molecule has 0 aliphatic carbocycles. The van der Waals surface area contributed by atoms with E-state index in [1.54, 1.807) is 24.3 Å². The van der Waals surface area contributed by atoms with Gasteiger partial charge in [-0.25, -0.2) is 4.98 Å². The minimum absolute atomic E-state index is 0.0802. The molecule has 6 nitrogen and oxygen atoms in total. The van der Waals surface area contributed by atoms with E-state index in [0.29, 0.717) is 11.5 Å². The van der Waals surface area contributed by atoms with E-state index in [4.69, 9.17) is 9.47 Å². The SMILES string of the molecule is COc1ccccc1OCC(CF)(CF)C(O)Cn1cncn1. The van der Waals surface area contributed by atoms with Crippen LogP contribution in [0.5, 0.6) is 11.5 Å². The number of alkyl halides is 2. The number of methoxy groups -OCH3 is 1. The first kappa shape index (κ1) is 17.1. The number of aliphatic hydroxyl groups is 1. The molecule has 126 valence electrons. The summed E-state index contributed by atoms with van der Waals surface area (Å²) in [6, 6.07) is 6.77. The Morgan fingerprint density at radius 1 is 1.26 bits per heavy atom. The molecule has 2 aromatic rings. The standard InChI is InChI=1S/C15H19F2N3O3/c1-22-12-4-2-3-5-13(12)23-9-15(7-16,8-17)14(21)6-20-11-18-10-19-20/h2-5,10-11,14,21H,6-9H2,1H3. The summed E-state index contributed by atoms with van der Waals surface area (Å²) < 4.78 is 39.0. The second-order valence-corrected chi connectivity index (χ2v) is 5.20. The molecule has 0 spiro atoms. The molecular weight excluding hydrogens is 308 g/mol. The molecule has 2 rings (SSSR count). The minimum Gasteiger partial charge on any atom is -0.493 e. The third kappa shape index (κ3) is 3.95. The van der Waals surface area contributed by atoms with Gasteiger partial charge in [0.1, 0.15) is 32.6 Å². The highest BCUT2D eigenvalue weighted by atomic mass is 19.1. The van der Waals surface area contributed by atoms with Crippen molar-refractivity contribution in [2.75, 3.05) is 27.1 Å². The van der Waals surface area contributed by atoms with Crippen molar-refractivity contribution in [1.29, 1.82) is 0 Å². The number of para-hydroxylation sites is 2.